The van der Waals surface area contributed by atoms with Crippen LogP contribution in [0.1, 0.15) is 57.1 Å². The molecule has 0 aliphatic carbocycles. The Labute approximate surface area is 103 Å². The van der Waals surface area contributed by atoms with Gasteiger partial charge in [0.25, 0.3) is 0 Å². The molecule has 1 rings (SSSR count). The van der Waals surface area contributed by atoms with Crippen LogP contribution < -0.4 is 0 Å². The first-order chi connectivity index (χ1) is 7.74. The smallest absolute Gasteiger partial charge is 0.129 e. The van der Waals surface area contributed by atoms with Crippen LogP contribution in [0.2, 0.25) is 5.15 Å². The summed E-state index contributed by atoms with van der Waals surface area (Å²) < 4.78 is 0. The minimum Gasteiger partial charge on any atom is -0.388 e. The molecule has 0 aliphatic rings. The van der Waals surface area contributed by atoms with Crippen molar-refractivity contribution in [2.75, 3.05) is 0 Å². The quantitative estimate of drug-likeness (QED) is 0.575. The lowest BCUT2D eigenvalue weighted by Gasteiger charge is -2.10. The molecular weight excluding hydrogens is 222 g/mol. The first kappa shape index (κ1) is 13.5. The third-order valence-electron chi connectivity index (χ3n) is 2.72. The first-order valence-corrected chi connectivity index (χ1v) is 6.41. The minimum atomic E-state index is -0.397. The van der Waals surface area contributed by atoms with E-state index in [1.54, 1.807) is 12.3 Å². The van der Waals surface area contributed by atoms with Gasteiger partial charge in [-0.2, -0.15) is 0 Å². The Morgan fingerprint density at radius 1 is 1.25 bits per heavy atom. The van der Waals surface area contributed by atoms with Crippen LogP contribution in [0, 0.1) is 0 Å². The number of rotatable bonds is 7. The fraction of sp³-hybridized carbons (Fsp3) is 0.615. The standard InChI is InChI=1S/C13H20ClNO/c1-2-3-4-5-6-7-12(16)11-8-9-13(14)15-10-11/h8-10,12,16H,2-7H2,1H3. The average Bonchev–Trinajstić information content (AvgIpc) is 2.29. The van der Waals surface area contributed by atoms with Crippen molar-refractivity contribution in [2.45, 2.75) is 51.6 Å². The van der Waals surface area contributed by atoms with E-state index in [9.17, 15) is 5.11 Å². The second-order valence-corrected chi connectivity index (χ2v) is 4.52. The van der Waals surface area contributed by atoms with Crippen molar-refractivity contribution in [1.29, 1.82) is 0 Å². The summed E-state index contributed by atoms with van der Waals surface area (Å²) in [5, 5.41) is 10.4. The summed E-state index contributed by atoms with van der Waals surface area (Å²) >= 11 is 5.69. The number of pyridine rings is 1. The number of nitrogens with zero attached hydrogens (tertiary/aromatic N) is 1. The zero-order valence-electron chi connectivity index (χ0n) is 9.82. The third kappa shape index (κ3) is 4.95. The number of aliphatic hydroxyl groups is 1. The number of hydrogen-bond donors (Lipinski definition) is 1. The normalized spacial score (nSPS) is 12.7. The van der Waals surface area contributed by atoms with Crippen molar-refractivity contribution in [1.82, 2.24) is 4.98 Å². The van der Waals surface area contributed by atoms with E-state index in [1.165, 1.54) is 25.7 Å². The summed E-state index contributed by atoms with van der Waals surface area (Å²) in [7, 11) is 0. The molecule has 16 heavy (non-hydrogen) atoms. The Hall–Kier alpha value is -0.600. The number of halogens is 1. The lowest BCUT2D eigenvalue weighted by Crippen LogP contribution is -1.98. The molecule has 0 spiro atoms. The summed E-state index contributed by atoms with van der Waals surface area (Å²) in [5.74, 6) is 0. The monoisotopic (exact) mass is 241 g/mol. The maximum absolute atomic E-state index is 9.88. The number of aromatic nitrogens is 1. The molecule has 3 heteroatoms. The van der Waals surface area contributed by atoms with Gasteiger partial charge in [-0.3, -0.25) is 0 Å². The van der Waals surface area contributed by atoms with E-state index in [-0.39, 0.29) is 0 Å². The number of hydrogen-bond acceptors (Lipinski definition) is 2. The van der Waals surface area contributed by atoms with E-state index in [1.807, 2.05) is 6.07 Å². The summed E-state index contributed by atoms with van der Waals surface area (Å²) in [4.78, 5) is 3.96. The molecule has 0 aromatic carbocycles. The summed E-state index contributed by atoms with van der Waals surface area (Å²) in [5.41, 5.74) is 0.861. The van der Waals surface area contributed by atoms with Crippen molar-refractivity contribution in [3.63, 3.8) is 0 Å². The zero-order valence-corrected chi connectivity index (χ0v) is 10.6. The van der Waals surface area contributed by atoms with Gasteiger partial charge in [-0.1, -0.05) is 56.7 Å². The SMILES string of the molecule is CCCCCCCC(O)c1ccc(Cl)nc1. The zero-order chi connectivity index (χ0) is 11.8. The van der Waals surface area contributed by atoms with Crippen molar-refractivity contribution >= 4 is 11.6 Å². The molecule has 1 aromatic heterocycles. The highest BCUT2D eigenvalue weighted by Gasteiger charge is 2.07. The maximum atomic E-state index is 9.88. The van der Waals surface area contributed by atoms with E-state index >= 15 is 0 Å². The van der Waals surface area contributed by atoms with Gasteiger partial charge in [0.15, 0.2) is 0 Å². The van der Waals surface area contributed by atoms with Crippen LogP contribution in [0.15, 0.2) is 18.3 Å². The van der Waals surface area contributed by atoms with Gasteiger partial charge < -0.3 is 5.11 Å². The van der Waals surface area contributed by atoms with E-state index in [2.05, 4.69) is 11.9 Å². The van der Waals surface area contributed by atoms with Crippen LogP contribution in [0.3, 0.4) is 0 Å². The lowest BCUT2D eigenvalue weighted by atomic mass is 10.0. The molecule has 1 atom stereocenters. The summed E-state index contributed by atoms with van der Waals surface area (Å²) in [6.07, 6.45) is 8.15. The van der Waals surface area contributed by atoms with Crippen molar-refractivity contribution in [2.24, 2.45) is 0 Å². The first-order valence-electron chi connectivity index (χ1n) is 6.03. The van der Waals surface area contributed by atoms with Gasteiger partial charge in [-0.05, 0) is 18.1 Å². The van der Waals surface area contributed by atoms with Crippen LogP contribution in [0.4, 0.5) is 0 Å². The highest BCUT2D eigenvalue weighted by molar-refractivity contribution is 6.29. The molecule has 2 nitrogen and oxygen atoms in total. The Morgan fingerprint density at radius 3 is 2.62 bits per heavy atom. The molecule has 1 N–H and O–H groups in total. The largest absolute Gasteiger partial charge is 0.388 e. The molecule has 0 radical (unpaired) electrons. The molecule has 0 bridgehead atoms. The van der Waals surface area contributed by atoms with Gasteiger partial charge in [0.1, 0.15) is 5.15 Å². The van der Waals surface area contributed by atoms with E-state index in [4.69, 9.17) is 11.6 Å². The predicted molar refractivity (Wildman–Crippen MR) is 67.6 cm³/mol. The van der Waals surface area contributed by atoms with Crippen LogP contribution in [-0.4, -0.2) is 10.1 Å². The molecular formula is C13H20ClNO. The van der Waals surface area contributed by atoms with Crippen molar-refractivity contribution in [3.8, 4) is 0 Å². The van der Waals surface area contributed by atoms with Gasteiger partial charge in [-0.15, -0.1) is 0 Å². The van der Waals surface area contributed by atoms with E-state index < -0.39 is 6.10 Å². The molecule has 0 amide bonds. The fourth-order valence-electron chi connectivity index (χ4n) is 1.69. The Bertz CT molecular complexity index is 286. The van der Waals surface area contributed by atoms with Gasteiger partial charge in [0.05, 0.1) is 6.10 Å². The van der Waals surface area contributed by atoms with E-state index in [0.717, 1.165) is 18.4 Å². The topological polar surface area (TPSA) is 33.1 Å². The van der Waals surface area contributed by atoms with Gasteiger partial charge in [0, 0.05) is 6.20 Å². The molecule has 1 unspecified atom stereocenters. The molecule has 0 fully saturated rings. The summed E-state index contributed by atoms with van der Waals surface area (Å²) in [6.45, 7) is 2.20. The average molecular weight is 242 g/mol. The molecule has 1 heterocycles. The molecule has 0 saturated heterocycles. The molecule has 0 aliphatic heterocycles. The Morgan fingerprint density at radius 2 is 2.00 bits per heavy atom. The summed E-state index contributed by atoms with van der Waals surface area (Å²) in [6, 6.07) is 3.56. The van der Waals surface area contributed by atoms with Crippen molar-refractivity contribution < 1.29 is 5.11 Å². The minimum absolute atomic E-state index is 0.397. The molecule has 1 aromatic rings. The maximum Gasteiger partial charge on any atom is 0.129 e. The Kier molecular flexibility index (Phi) is 6.43. The lowest BCUT2D eigenvalue weighted by molar-refractivity contribution is 0.163. The van der Waals surface area contributed by atoms with E-state index in [0.29, 0.717) is 5.15 Å². The highest BCUT2D eigenvalue weighted by atomic mass is 35.5. The second-order valence-electron chi connectivity index (χ2n) is 4.13. The third-order valence-corrected chi connectivity index (χ3v) is 2.94. The van der Waals surface area contributed by atoms with Gasteiger partial charge in [-0.25, -0.2) is 4.98 Å². The van der Waals surface area contributed by atoms with Crippen LogP contribution in [0.25, 0.3) is 0 Å². The fourth-order valence-corrected chi connectivity index (χ4v) is 1.80. The second kappa shape index (κ2) is 7.64. The van der Waals surface area contributed by atoms with Gasteiger partial charge in [0.2, 0.25) is 0 Å². The highest BCUT2D eigenvalue weighted by Crippen LogP contribution is 2.20. The predicted octanol–water partition coefficient (Wildman–Crippen LogP) is 4.13. The van der Waals surface area contributed by atoms with Gasteiger partial charge >= 0.3 is 0 Å². The number of aliphatic hydroxyl groups excluding tert-OH is 1. The van der Waals surface area contributed by atoms with Crippen LogP contribution in [-0.2, 0) is 0 Å². The Balaban J connectivity index is 2.24. The van der Waals surface area contributed by atoms with Crippen LogP contribution in [0.5, 0.6) is 0 Å². The van der Waals surface area contributed by atoms with Crippen LogP contribution >= 0.6 is 11.6 Å². The molecule has 90 valence electrons. The molecule has 0 saturated carbocycles. The van der Waals surface area contributed by atoms with Crippen molar-refractivity contribution in [3.05, 3.63) is 29.0 Å². The number of unbranched alkanes of at least 4 members (excludes halogenated alkanes) is 4.